The summed E-state index contributed by atoms with van der Waals surface area (Å²) in [5.74, 6) is -2.08. The van der Waals surface area contributed by atoms with Gasteiger partial charge >= 0.3 is 22.1 Å². The summed E-state index contributed by atoms with van der Waals surface area (Å²) in [6.07, 6.45) is -4.08. The third-order valence-corrected chi connectivity index (χ3v) is 13.7. The molecule has 1 unspecified atom stereocenters. The number of likely N-dealkylation sites (tertiary alicyclic amines) is 1. The van der Waals surface area contributed by atoms with Crippen LogP contribution >= 0.6 is 0 Å². The number of amides is 1. The molecule has 1 aliphatic carbocycles. The van der Waals surface area contributed by atoms with E-state index in [9.17, 15) is 43.2 Å². The lowest BCUT2D eigenvalue weighted by molar-refractivity contribution is -0.737. The van der Waals surface area contributed by atoms with Crippen LogP contribution < -0.4 is 10.5 Å². The molecule has 2 atom stereocenters. The van der Waals surface area contributed by atoms with Gasteiger partial charge in [-0.1, -0.05) is 24.3 Å². The van der Waals surface area contributed by atoms with E-state index in [2.05, 4.69) is 5.32 Å². The average Bonchev–Trinajstić information content (AvgIpc) is 3.41. The third kappa shape index (κ3) is 5.06. The first-order valence-electron chi connectivity index (χ1n) is 12.5. The van der Waals surface area contributed by atoms with Crippen LogP contribution in [0.15, 0.2) is 57.9 Å². The van der Waals surface area contributed by atoms with E-state index < -0.39 is 105 Å². The lowest BCUT2D eigenvalue weighted by Gasteiger charge is -2.47. The quantitative estimate of drug-likeness (QED) is 0.452. The summed E-state index contributed by atoms with van der Waals surface area (Å²) in [6.45, 7) is -0.455. The number of carbonyl (C=O) groups is 1. The second kappa shape index (κ2) is 10.3. The van der Waals surface area contributed by atoms with Crippen molar-refractivity contribution in [2.75, 3.05) is 25.9 Å². The molecule has 2 heterocycles. The number of sulfone groups is 1. The molecular weight excluding hydrogens is 595 g/mol. The van der Waals surface area contributed by atoms with Gasteiger partial charge in [-0.25, -0.2) is 26.8 Å². The number of hydrogen-bond donors (Lipinski definition) is 2. The normalized spacial score (nSPS) is 30.4. The van der Waals surface area contributed by atoms with Crippen LogP contribution in [0.2, 0.25) is 0 Å². The number of nitrogens with zero attached hydrogens (tertiary/aromatic N) is 1. The van der Waals surface area contributed by atoms with Crippen molar-refractivity contribution in [3.05, 3.63) is 53.0 Å². The molecule has 2 aliphatic heterocycles. The first kappa shape index (κ1) is 30.8. The van der Waals surface area contributed by atoms with Crippen molar-refractivity contribution in [1.29, 1.82) is 0 Å². The van der Waals surface area contributed by atoms with Crippen LogP contribution in [0.5, 0.6) is 0 Å². The molecule has 2 fully saturated rings. The highest BCUT2D eigenvalue weighted by Gasteiger charge is 2.64. The molecule has 4 rings (SSSR count). The van der Waals surface area contributed by atoms with Crippen LogP contribution in [-0.4, -0.2) is 77.9 Å². The summed E-state index contributed by atoms with van der Waals surface area (Å²) >= 11 is 0. The van der Waals surface area contributed by atoms with Crippen LogP contribution in [0.3, 0.4) is 0 Å². The standard InChI is InChI=1S/C24H31F3N3O7S3/c1-38(32,33)30(22(31)20-8-5-13-29-20)14-11-17(12-15-30)23(40(28,36)37)16-19(9-10-21(23)24(25,26)27)39(34,35)18-6-3-2-4-7-18/h2-4,6-7,9-10,17,20,29H,5,8,11-16H2,1H3,(H2,28,36,37)/q+1/t17?,20-,23?,30?/m0/s1. The lowest BCUT2D eigenvalue weighted by atomic mass is 9.74. The summed E-state index contributed by atoms with van der Waals surface area (Å²) in [4.78, 5) is 12.6. The highest BCUT2D eigenvalue weighted by Crippen LogP contribution is 2.53. The van der Waals surface area contributed by atoms with Crippen molar-refractivity contribution in [3.8, 4) is 0 Å². The summed E-state index contributed by atoms with van der Waals surface area (Å²) in [5.41, 5.74) is -1.53. The number of halogens is 3. The number of carbonyl (C=O) groups excluding carboxylic acids is 1. The van der Waals surface area contributed by atoms with Gasteiger partial charge in [-0.15, -0.1) is 0 Å². The smallest absolute Gasteiger partial charge is 0.302 e. The van der Waals surface area contributed by atoms with Gasteiger partial charge in [0.25, 0.3) is 0 Å². The highest BCUT2D eigenvalue weighted by atomic mass is 32.2. The Balaban J connectivity index is 1.81. The second-order valence-electron chi connectivity index (χ2n) is 10.5. The second-order valence-corrected chi connectivity index (χ2v) is 16.5. The van der Waals surface area contributed by atoms with Gasteiger partial charge < -0.3 is 5.32 Å². The van der Waals surface area contributed by atoms with E-state index in [1.165, 1.54) is 24.3 Å². The Bertz CT molecular complexity index is 1560. The fourth-order valence-electron chi connectivity index (χ4n) is 6.20. The summed E-state index contributed by atoms with van der Waals surface area (Å²) in [6, 6.07) is 6.09. The number of nitrogens with one attached hydrogen (secondary N) is 1. The lowest BCUT2D eigenvalue weighted by Crippen LogP contribution is -2.66. The molecule has 0 radical (unpaired) electrons. The number of nitrogens with two attached hydrogens (primary N) is 1. The Labute approximate surface area is 231 Å². The Morgan fingerprint density at radius 1 is 1.00 bits per heavy atom. The van der Waals surface area contributed by atoms with Gasteiger partial charge in [0.2, 0.25) is 19.9 Å². The minimum atomic E-state index is -5.20. The molecule has 40 heavy (non-hydrogen) atoms. The number of allylic oxidation sites excluding steroid dienone is 3. The van der Waals surface area contributed by atoms with Crippen LogP contribution in [0.4, 0.5) is 13.2 Å². The number of hydrogen-bond acceptors (Lipinski definition) is 8. The summed E-state index contributed by atoms with van der Waals surface area (Å²) in [5, 5.41) is 8.47. The first-order chi connectivity index (χ1) is 18.4. The molecule has 0 bridgehead atoms. The van der Waals surface area contributed by atoms with E-state index in [1.54, 1.807) is 6.07 Å². The van der Waals surface area contributed by atoms with Crippen molar-refractivity contribution in [3.63, 3.8) is 0 Å². The SMILES string of the molecule is CS(=O)(=O)[N+]1(C(=O)[C@@H]2CCCN2)CCC(C2(S(N)(=O)=O)CC(S(=O)(=O)c3ccccc3)=CC=C2C(F)(F)F)CC1. The molecule has 10 nitrogen and oxygen atoms in total. The molecule has 1 aromatic carbocycles. The number of piperidine rings is 1. The molecule has 2 saturated heterocycles. The van der Waals surface area contributed by atoms with Gasteiger partial charge in [-0.3, -0.25) is 0 Å². The van der Waals surface area contributed by atoms with Crippen LogP contribution in [-0.2, 0) is 34.7 Å². The largest absolute Gasteiger partial charge is 0.414 e. The number of benzene rings is 1. The van der Waals surface area contributed by atoms with E-state index in [4.69, 9.17) is 5.14 Å². The monoisotopic (exact) mass is 626 g/mol. The maximum absolute atomic E-state index is 14.4. The zero-order valence-electron chi connectivity index (χ0n) is 21.6. The minimum Gasteiger partial charge on any atom is -0.302 e. The predicted octanol–water partition coefficient (Wildman–Crippen LogP) is 1.73. The molecule has 0 saturated carbocycles. The van der Waals surface area contributed by atoms with Crippen molar-refractivity contribution in [2.45, 2.75) is 54.0 Å². The molecule has 3 aliphatic rings. The fourth-order valence-corrected chi connectivity index (χ4v) is 10.6. The highest BCUT2D eigenvalue weighted by molar-refractivity contribution is 7.95. The van der Waals surface area contributed by atoms with Gasteiger partial charge in [-0.05, 0) is 43.5 Å². The maximum Gasteiger partial charge on any atom is 0.414 e. The Morgan fingerprint density at radius 3 is 2.08 bits per heavy atom. The van der Waals surface area contributed by atoms with Gasteiger partial charge in [0.05, 0.1) is 21.6 Å². The third-order valence-electron chi connectivity index (χ3n) is 8.27. The minimum absolute atomic E-state index is 0.237. The van der Waals surface area contributed by atoms with E-state index in [0.717, 1.165) is 12.3 Å². The van der Waals surface area contributed by atoms with Crippen LogP contribution in [0, 0.1) is 5.92 Å². The van der Waals surface area contributed by atoms with E-state index >= 15 is 0 Å². The first-order valence-corrected chi connectivity index (χ1v) is 17.4. The topological polar surface area (TPSA) is 158 Å². The number of sulfonamides is 2. The van der Waals surface area contributed by atoms with Gasteiger partial charge in [0, 0.05) is 19.3 Å². The molecule has 0 spiro atoms. The maximum atomic E-state index is 14.4. The van der Waals surface area contributed by atoms with Gasteiger partial charge in [0.1, 0.15) is 23.9 Å². The molecular formula is C24H31F3N3O7S3+. The molecule has 16 heteroatoms. The Kier molecular flexibility index (Phi) is 7.95. The van der Waals surface area contributed by atoms with Crippen molar-refractivity contribution >= 4 is 35.8 Å². The Morgan fingerprint density at radius 2 is 1.60 bits per heavy atom. The number of primary sulfonamides is 1. The fraction of sp³-hybridized carbons (Fsp3) is 0.542. The molecule has 0 aromatic heterocycles. The number of quaternary nitrogens is 1. The van der Waals surface area contributed by atoms with E-state index in [1.807, 2.05) is 0 Å². The van der Waals surface area contributed by atoms with Crippen LogP contribution in [0.1, 0.15) is 32.1 Å². The zero-order valence-corrected chi connectivity index (χ0v) is 24.0. The molecule has 1 aromatic rings. The van der Waals surface area contributed by atoms with Crippen molar-refractivity contribution in [1.82, 2.24) is 5.32 Å². The van der Waals surface area contributed by atoms with Crippen LogP contribution in [0.25, 0.3) is 0 Å². The summed E-state index contributed by atoms with van der Waals surface area (Å²) < 4.78 is 118. The van der Waals surface area contributed by atoms with E-state index in [0.29, 0.717) is 25.5 Å². The molecule has 1 amide bonds. The molecule has 3 N–H and O–H groups in total. The van der Waals surface area contributed by atoms with E-state index in [-0.39, 0.29) is 4.90 Å². The van der Waals surface area contributed by atoms with Gasteiger partial charge in [-0.2, -0.15) is 25.5 Å². The predicted molar refractivity (Wildman–Crippen MR) is 140 cm³/mol. The average molecular weight is 627 g/mol. The number of rotatable bonds is 6. The zero-order chi connectivity index (χ0) is 29.8. The summed E-state index contributed by atoms with van der Waals surface area (Å²) in [7, 11) is -13.7. The number of alkyl halides is 3. The Hall–Kier alpha value is -2.11. The van der Waals surface area contributed by atoms with Crippen molar-refractivity contribution < 1.29 is 47.1 Å². The van der Waals surface area contributed by atoms with Crippen molar-refractivity contribution in [2.24, 2.45) is 11.1 Å². The molecule has 222 valence electrons. The van der Waals surface area contributed by atoms with Gasteiger partial charge in [0.15, 0.2) is 0 Å².